The largest absolute Gasteiger partial charge is 0.481 e. The molecule has 0 saturated carbocycles. The average Bonchev–Trinajstić information content (AvgIpc) is 3.17. The van der Waals surface area contributed by atoms with Gasteiger partial charge in [-0.1, -0.05) is 49.4 Å². The normalized spacial score (nSPS) is 13.2. The molecule has 7 heteroatoms. The number of carbonyl (C=O) groups excluding carboxylic acids is 3. The first-order valence-electron chi connectivity index (χ1n) is 11.9. The molecule has 0 unspecified atom stereocenters. The van der Waals surface area contributed by atoms with Gasteiger partial charge in [0, 0.05) is 11.8 Å². The van der Waals surface area contributed by atoms with E-state index in [9.17, 15) is 14.4 Å². The topological polar surface area (TPSA) is 84.9 Å². The monoisotopic (exact) mass is 492 g/mol. The summed E-state index contributed by atoms with van der Waals surface area (Å²) in [5, 5.41) is 2.87. The predicted octanol–water partition coefficient (Wildman–Crippen LogP) is 6.08. The van der Waals surface area contributed by atoms with Crippen LogP contribution >= 0.6 is 0 Å². The first kappa shape index (κ1) is 23.8. The number of amides is 3. The van der Waals surface area contributed by atoms with Gasteiger partial charge in [-0.3, -0.25) is 14.4 Å². The zero-order valence-electron chi connectivity index (χ0n) is 20.1. The lowest BCUT2D eigenvalue weighted by Gasteiger charge is -2.17. The number of imide groups is 1. The van der Waals surface area contributed by atoms with E-state index in [0.29, 0.717) is 40.6 Å². The van der Waals surface area contributed by atoms with Crippen LogP contribution < -0.4 is 19.7 Å². The highest BCUT2D eigenvalue weighted by molar-refractivity contribution is 6.34. The molecule has 0 aliphatic carbocycles. The molecule has 1 aliphatic rings. The van der Waals surface area contributed by atoms with Crippen molar-refractivity contribution in [3.05, 3.63) is 114 Å². The van der Waals surface area contributed by atoms with E-state index < -0.39 is 12.0 Å². The molecule has 1 N–H and O–H groups in total. The Morgan fingerprint density at radius 2 is 1.41 bits per heavy atom. The van der Waals surface area contributed by atoms with Gasteiger partial charge in [-0.15, -0.1) is 0 Å². The van der Waals surface area contributed by atoms with E-state index in [1.807, 2.05) is 31.2 Å². The number of para-hydroxylation sites is 2. The van der Waals surface area contributed by atoms with Gasteiger partial charge in [0.1, 0.15) is 17.2 Å². The first-order valence-corrected chi connectivity index (χ1v) is 11.9. The summed E-state index contributed by atoms with van der Waals surface area (Å²) in [7, 11) is 0. The third-order valence-corrected chi connectivity index (χ3v) is 5.89. The number of rotatable bonds is 8. The van der Waals surface area contributed by atoms with Crippen molar-refractivity contribution in [3.8, 4) is 17.2 Å². The maximum atomic E-state index is 13.0. The van der Waals surface area contributed by atoms with E-state index in [2.05, 4.69) is 5.32 Å². The highest BCUT2D eigenvalue weighted by Crippen LogP contribution is 2.32. The summed E-state index contributed by atoms with van der Waals surface area (Å²) in [5.41, 5.74) is 1.66. The molecular weight excluding hydrogens is 468 g/mol. The van der Waals surface area contributed by atoms with Crippen LogP contribution in [0.2, 0.25) is 0 Å². The van der Waals surface area contributed by atoms with Crippen LogP contribution in [0.1, 0.15) is 34.1 Å². The van der Waals surface area contributed by atoms with Crippen molar-refractivity contribution < 1.29 is 23.9 Å². The first-order chi connectivity index (χ1) is 18.0. The van der Waals surface area contributed by atoms with Crippen molar-refractivity contribution in [2.24, 2.45) is 0 Å². The van der Waals surface area contributed by atoms with Crippen molar-refractivity contribution in [1.29, 1.82) is 0 Å². The van der Waals surface area contributed by atoms with Gasteiger partial charge in [-0.2, -0.15) is 0 Å². The Morgan fingerprint density at radius 3 is 2.14 bits per heavy atom. The van der Waals surface area contributed by atoms with E-state index in [-0.39, 0.29) is 17.4 Å². The molecule has 0 spiro atoms. The number of carbonyl (C=O) groups is 3. The van der Waals surface area contributed by atoms with E-state index >= 15 is 0 Å². The van der Waals surface area contributed by atoms with Gasteiger partial charge in [-0.25, -0.2) is 4.90 Å². The number of benzene rings is 4. The summed E-state index contributed by atoms with van der Waals surface area (Å²) in [6, 6.07) is 29.7. The summed E-state index contributed by atoms with van der Waals surface area (Å²) in [4.78, 5) is 39.8. The van der Waals surface area contributed by atoms with Crippen LogP contribution in [0.3, 0.4) is 0 Å². The second-order valence-corrected chi connectivity index (χ2v) is 8.44. The number of hydrogen-bond acceptors (Lipinski definition) is 5. The van der Waals surface area contributed by atoms with Gasteiger partial charge in [0.15, 0.2) is 6.10 Å². The highest BCUT2D eigenvalue weighted by Gasteiger charge is 2.36. The van der Waals surface area contributed by atoms with E-state index in [1.165, 1.54) is 0 Å². The van der Waals surface area contributed by atoms with E-state index in [1.54, 1.807) is 78.9 Å². The second-order valence-electron chi connectivity index (χ2n) is 8.44. The van der Waals surface area contributed by atoms with Crippen molar-refractivity contribution in [2.75, 3.05) is 10.2 Å². The summed E-state index contributed by atoms with van der Waals surface area (Å²) in [5.74, 6) is 0.444. The Labute approximate surface area is 214 Å². The van der Waals surface area contributed by atoms with Crippen LogP contribution in [0.25, 0.3) is 0 Å². The zero-order chi connectivity index (χ0) is 25.8. The van der Waals surface area contributed by atoms with Gasteiger partial charge in [0.05, 0.1) is 16.8 Å². The molecule has 1 heterocycles. The Balaban J connectivity index is 1.29. The number of fused-ring (bicyclic) bond motifs is 1. The fourth-order valence-corrected chi connectivity index (χ4v) is 4.08. The molecule has 4 aromatic carbocycles. The lowest BCUT2D eigenvalue weighted by atomic mass is 10.1. The van der Waals surface area contributed by atoms with Crippen molar-refractivity contribution in [2.45, 2.75) is 19.4 Å². The average molecular weight is 493 g/mol. The quantitative estimate of drug-likeness (QED) is 0.302. The van der Waals surface area contributed by atoms with Gasteiger partial charge < -0.3 is 14.8 Å². The number of nitrogens with one attached hydrogen (secondary N) is 1. The molecule has 0 aromatic heterocycles. The lowest BCUT2D eigenvalue weighted by molar-refractivity contribution is -0.122. The van der Waals surface area contributed by atoms with Crippen LogP contribution in [0.4, 0.5) is 11.4 Å². The minimum absolute atomic E-state index is 0.272. The molecule has 0 saturated heterocycles. The van der Waals surface area contributed by atoms with E-state index in [4.69, 9.17) is 9.47 Å². The van der Waals surface area contributed by atoms with Gasteiger partial charge >= 0.3 is 0 Å². The molecule has 5 rings (SSSR count). The second kappa shape index (κ2) is 10.4. The van der Waals surface area contributed by atoms with Gasteiger partial charge in [-0.05, 0) is 61.0 Å². The van der Waals surface area contributed by atoms with Crippen LogP contribution in [-0.2, 0) is 4.79 Å². The molecule has 184 valence electrons. The number of anilines is 2. The molecule has 3 amide bonds. The highest BCUT2D eigenvalue weighted by atomic mass is 16.5. The molecule has 0 fully saturated rings. The van der Waals surface area contributed by atoms with Crippen molar-refractivity contribution >= 4 is 29.1 Å². The number of ether oxygens (including phenoxy) is 2. The van der Waals surface area contributed by atoms with Crippen molar-refractivity contribution in [1.82, 2.24) is 0 Å². The minimum Gasteiger partial charge on any atom is -0.481 e. The molecule has 1 aliphatic heterocycles. The summed E-state index contributed by atoms with van der Waals surface area (Å²) >= 11 is 0. The van der Waals surface area contributed by atoms with Crippen LogP contribution in [0.15, 0.2) is 103 Å². The molecule has 4 aromatic rings. The number of nitrogens with zero attached hydrogens (tertiary/aromatic N) is 1. The predicted molar refractivity (Wildman–Crippen MR) is 140 cm³/mol. The molecule has 37 heavy (non-hydrogen) atoms. The van der Waals surface area contributed by atoms with Crippen LogP contribution in [0.5, 0.6) is 17.2 Å². The summed E-state index contributed by atoms with van der Waals surface area (Å²) in [6.45, 7) is 1.88. The fraction of sp³-hybridized carbons (Fsp3) is 0.100. The molecule has 0 radical (unpaired) electrons. The van der Waals surface area contributed by atoms with Gasteiger partial charge in [0.2, 0.25) is 0 Å². The smallest absolute Gasteiger partial charge is 0.266 e. The Bertz CT molecular complexity index is 1450. The fourth-order valence-electron chi connectivity index (χ4n) is 4.08. The maximum absolute atomic E-state index is 13.0. The summed E-state index contributed by atoms with van der Waals surface area (Å²) in [6.07, 6.45) is -0.154. The Hall–Kier alpha value is -4.91. The van der Waals surface area contributed by atoms with Crippen LogP contribution in [0, 0.1) is 0 Å². The van der Waals surface area contributed by atoms with Crippen LogP contribution in [-0.4, -0.2) is 23.8 Å². The minimum atomic E-state index is -0.653. The standard InChI is InChI=1S/C30H24N2O5/c1-2-27(37-22-13-7-4-8-14-22)28(33)31-20-10-9-15-23(18-20)36-24-16-17-25-26(19-24)30(35)32(29(25)34)21-11-5-3-6-12-21/h3-19,27H,2H2,1H3,(H,31,33)/t27-/m1/s1. The van der Waals surface area contributed by atoms with Gasteiger partial charge in [0.25, 0.3) is 17.7 Å². The summed E-state index contributed by atoms with van der Waals surface area (Å²) < 4.78 is 11.8. The third kappa shape index (κ3) is 5.06. The van der Waals surface area contributed by atoms with Crippen molar-refractivity contribution in [3.63, 3.8) is 0 Å². The van der Waals surface area contributed by atoms with E-state index in [0.717, 1.165) is 4.90 Å². The molecule has 1 atom stereocenters. The third-order valence-electron chi connectivity index (χ3n) is 5.89. The molecular formula is C30H24N2O5. The molecule has 0 bridgehead atoms. The lowest BCUT2D eigenvalue weighted by Crippen LogP contribution is -2.32. The zero-order valence-corrected chi connectivity index (χ0v) is 20.1. The molecule has 7 nitrogen and oxygen atoms in total. The Morgan fingerprint density at radius 1 is 0.757 bits per heavy atom. The SMILES string of the molecule is CC[C@@H](Oc1ccccc1)C(=O)Nc1cccc(Oc2ccc3c(c2)C(=O)N(c2ccccc2)C3=O)c1. The Kier molecular flexibility index (Phi) is 6.68. The maximum Gasteiger partial charge on any atom is 0.266 e. The number of hydrogen-bond donors (Lipinski definition) is 1.